The van der Waals surface area contributed by atoms with E-state index in [1.54, 1.807) is 6.92 Å². The Kier molecular flexibility index (Phi) is 4.51. The van der Waals surface area contributed by atoms with Crippen LogP contribution in [0.3, 0.4) is 0 Å². The zero-order valence-corrected chi connectivity index (χ0v) is 7.63. The number of hydrogen-bond acceptors (Lipinski definition) is 3. The fraction of sp³-hybridized carbons (Fsp3) is 0.750. The van der Waals surface area contributed by atoms with Gasteiger partial charge in [0.2, 0.25) is 5.91 Å². The molecule has 12 heavy (non-hydrogen) atoms. The van der Waals surface area contributed by atoms with Gasteiger partial charge in [-0.1, -0.05) is 6.92 Å². The van der Waals surface area contributed by atoms with Crippen LogP contribution in [-0.4, -0.2) is 28.9 Å². The lowest BCUT2D eigenvalue weighted by atomic mass is 10.1. The molecule has 4 nitrogen and oxygen atoms in total. The first-order valence-electron chi connectivity index (χ1n) is 3.97. The Balaban J connectivity index is 4.14. The molecule has 2 unspecified atom stereocenters. The van der Waals surface area contributed by atoms with Gasteiger partial charge >= 0.3 is 0 Å². The van der Waals surface area contributed by atoms with E-state index >= 15 is 0 Å². The zero-order chi connectivity index (χ0) is 9.72. The van der Waals surface area contributed by atoms with E-state index in [2.05, 4.69) is 5.32 Å². The molecule has 2 N–H and O–H groups in total. The second kappa shape index (κ2) is 4.87. The highest BCUT2D eigenvalue weighted by Crippen LogP contribution is 1.94. The van der Waals surface area contributed by atoms with Crippen molar-refractivity contribution in [1.82, 2.24) is 5.32 Å². The number of aliphatic hydroxyl groups excluding tert-OH is 1. The highest BCUT2D eigenvalue weighted by molar-refractivity contribution is 5.87. The number of amides is 1. The molecule has 0 spiro atoms. The minimum absolute atomic E-state index is 0.226. The molecule has 0 saturated carbocycles. The second-order valence-electron chi connectivity index (χ2n) is 2.75. The summed E-state index contributed by atoms with van der Waals surface area (Å²) in [6.45, 7) is 4.50. The lowest BCUT2D eigenvalue weighted by Crippen LogP contribution is -2.46. The van der Waals surface area contributed by atoms with E-state index in [-0.39, 0.29) is 11.7 Å². The highest BCUT2D eigenvalue weighted by atomic mass is 16.3. The van der Waals surface area contributed by atoms with Gasteiger partial charge in [0.05, 0.1) is 6.10 Å². The van der Waals surface area contributed by atoms with Crippen molar-refractivity contribution < 1.29 is 14.7 Å². The van der Waals surface area contributed by atoms with Crippen LogP contribution in [0, 0.1) is 0 Å². The number of rotatable bonds is 4. The van der Waals surface area contributed by atoms with Crippen LogP contribution in [0.25, 0.3) is 0 Å². The number of carbonyl (C=O) groups excluding carboxylic acids is 2. The van der Waals surface area contributed by atoms with E-state index in [0.717, 1.165) is 0 Å². The van der Waals surface area contributed by atoms with Crippen LogP contribution in [0.2, 0.25) is 0 Å². The van der Waals surface area contributed by atoms with Gasteiger partial charge in [-0.3, -0.25) is 9.59 Å². The van der Waals surface area contributed by atoms with Crippen LogP contribution in [0.1, 0.15) is 27.2 Å². The Morgan fingerprint density at radius 1 is 1.50 bits per heavy atom. The molecule has 0 radical (unpaired) electrons. The average Bonchev–Trinajstić information content (AvgIpc) is 1.98. The smallest absolute Gasteiger partial charge is 0.220 e. The van der Waals surface area contributed by atoms with Gasteiger partial charge in [-0.15, -0.1) is 0 Å². The van der Waals surface area contributed by atoms with Crippen molar-refractivity contribution in [3.63, 3.8) is 0 Å². The Bertz CT molecular complexity index is 177. The van der Waals surface area contributed by atoms with E-state index in [0.29, 0.717) is 6.42 Å². The molecular weight excluding hydrogens is 158 g/mol. The fourth-order valence-electron chi connectivity index (χ4n) is 0.837. The third-order valence-corrected chi connectivity index (χ3v) is 1.56. The van der Waals surface area contributed by atoms with Gasteiger partial charge in [-0.25, -0.2) is 0 Å². The molecule has 0 aliphatic rings. The first-order chi connectivity index (χ1) is 5.49. The third-order valence-electron chi connectivity index (χ3n) is 1.56. The normalized spacial score (nSPS) is 15.0. The first-order valence-corrected chi connectivity index (χ1v) is 3.97. The first kappa shape index (κ1) is 11.1. The van der Waals surface area contributed by atoms with Gasteiger partial charge in [-0.05, 0) is 13.8 Å². The Morgan fingerprint density at radius 3 is 2.25 bits per heavy atom. The van der Waals surface area contributed by atoms with Crippen LogP contribution in [-0.2, 0) is 9.59 Å². The topological polar surface area (TPSA) is 66.4 Å². The predicted molar refractivity (Wildman–Crippen MR) is 44.6 cm³/mol. The minimum Gasteiger partial charge on any atom is -0.391 e. The number of carbonyl (C=O) groups is 2. The summed E-state index contributed by atoms with van der Waals surface area (Å²) >= 11 is 0. The van der Waals surface area contributed by atoms with E-state index in [1.165, 1.54) is 13.8 Å². The van der Waals surface area contributed by atoms with Gasteiger partial charge in [0.25, 0.3) is 0 Å². The van der Waals surface area contributed by atoms with E-state index in [1.807, 2.05) is 0 Å². The number of hydrogen-bond donors (Lipinski definition) is 2. The standard InChI is InChI=1S/C8H15NO3/c1-4-7(12)9-8(5(2)10)6(3)11/h5,8,10H,4H2,1-3H3,(H,9,12). The summed E-state index contributed by atoms with van der Waals surface area (Å²) in [5.74, 6) is -0.456. The molecule has 0 fully saturated rings. The molecule has 2 atom stereocenters. The summed E-state index contributed by atoms with van der Waals surface area (Å²) < 4.78 is 0. The molecule has 1 amide bonds. The highest BCUT2D eigenvalue weighted by Gasteiger charge is 2.20. The van der Waals surface area contributed by atoms with Crippen LogP contribution in [0.15, 0.2) is 0 Å². The van der Waals surface area contributed by atoms with Crippen LogP contribution in [0.4, 0.5) is 0 Å². The number of ketones is 1. The molecule has 0 aliphatic carbocycles. The quantitative estimate of drug-likeness (QED) is 0.621. The lowest BCUT2D eigenvalue weighted by molar-refractivity contribution is -0.128. The van der Waals surface area contributed by atoms with Crippen LogP contribution in [0.5, 0.6) is 0 Å². The van der Waals surface area contributed by atoms with Crippen molar-refractivity contribution in [2.24, 2.45) is 0 Å². The molecule has 0 aromatic rings. The molecule has 0 aliphatic heterocycles. The summed E-state index contributed by atoms with van der Waals surface area (Å²) in [6, 6.07) is -0.766. The summed E-state index contributed by atoms with van der Waals surface area (Å²) in [6.07, 6.45) is -0.519. The molecule has 0 aromatic heterocycles. The van der Waals surface area contributed by atoms with Crippen molar-refractivity contribution >= 4 is 11.7 Å². The second-order valence-corrected chi connectivity index (χ2v) is 2.75. The van der Waals surface area contributed by atoms with E-state index in [9.17, 15) is 9.59 Å². The zero-order valence-electron chi connectivity index (χ0n) is 7.63. The molecule has 0 aromatic carbocycles. The maximum atomic E-state index is 10.9. The Morgan fingerprint density at radius 2 is 2.00 bits per heavy atom. The lowest BCUT2D eigenvalue weighted by Gasteiger charge is -2.17. The van der Waals surface area contributed by atoms with Gasteiger partial charge in [0.1, 0.15) is 6.04 Å². The van der Waals surface area contributed by atoms with Crippen molar-refractivity contribution in [2.45, 2.75) is 39.3 Å². The van der Waals surface area contributed by atoms with Gasteiger partial charge < -0.3 is 10.4 Å². The Labute approximate surface area is 72.0 Å². The summed E-state index contributed by atoms with van der Waals surface area (Å²) in [4.78, 5) is 21.7. The Hall–Kier alpha value is -0.900. The predicted octanol–water partition coefficient (Wildman–Crippen LogP) is -0.149. The number of Topliss-reactive ketones (excluding diaryl/α,β-unsaturated/α-hetero) is 1. The summed E-state index contributed by atoms with van der Waals surface area (Å²) in [7, 11) is 0. The maximum absolute atomic E-state index is 10.9. The molecule has 0 saturated heterocycles. The molecule has 4 heteroatoms. The fourth-order valence-corrected chi connectivity index (χ4v) is 0.837. The van der Waals surface area contributed by atoms with Crippen LogP contribution >= 0.6 is 0 Å². The SMILES string of the molecule is CCC(=O)NC(C(C)=O)C(C)O. The third kappa shape index (κ3) is 3.48. The number of nitrogens with one attached hydrogen (secondary N) is 1. The monoisotopic (exact) mass is 173 g/mol. The number of aliphatic hydroxyl groups is 1. The van der Waals surface area contributed by atoms with Gasteiger partial charge in [0.15, 0.2) is 5.78 Å². The van der Waals surface area contributed by atoms with Crippen LogP contribution < -0.4 is 5.32 Å². The molecule has 0 bridgehead atoms. The van der Waals surface area contributed by atoms with Crippen molar-refractivity contribution in [3.8, 4) is 0 Å². The van der Waals surface area contributed by atoms with E-state index < -0.39 is 12.1 Å². The van der Waals surface area contributed by atoms with E-state index in [4.69, 9.17) is 5.11 Å². The largest absolute Gasteiger partial charge is 0.391 e. The molecular formula is C8H15NO3. The van der Waals surface area contributed by atoms with Crippen molar-refractivity contribution in [1.29, 1.82) is 0 Å². The van der Waals surface area contributed by atoms with Gasteiger partial charge in [0, 0.05) is 6.42 Å². The summed E-state index contributed by atoms with van der Waals surface area (Å²) in [5.41, 5.74) is 0. The minimum atomic E-state index is -0.835. The molecule has 70 valence electrons. The molecule has 0 rings (SSSR count). The summed E-state index contributed by atoms with van der Waals surface area (Å²) in [5, 5.41) is 11.5. The van der Waals surface area contributed by atoms with Crippen molar-refractivity contribution in [3.05, 3.63) is 0 Å². The van der Waals surface area contributed by atoms with Gasteiger partial charge in [-0.2, -0.15) is 0 Å². The average molecular weight is 173 g/mol. The molecule has 0 heterocycles. The maximum Gasteiger partial charge on any atom is 0.220 e. The van der Waals surface area contributed by atoms with Crippen molar-refractivity contribution in [2.75, 3.05) is 0 Å².